The molecule has 0 aliphatic heterocycles. The molecule has 2 aromatic heterocycles. The van der Waals surface area contributed by atoms with Gasteiger partial charge in [-0.05, 0) is 97.4 Å². The standard InChI is InChI=1S/C51H29B3N2O3/c52-46-47(53)49(57)45(50(58)48(46)54)51-55-38-17-7-8-18-39(38)56(51)31-24-21-29(22-25-31)42-32-13-4-5-14-33(32)43(37-27-30(23-26-34(37)42)28-11-2-1-3-12-28)36-16-10-20-41-44(36)35-15-6-9-19-40(35)59-41/h1-27,57-58H. The zero-order valence-electron chi connectivity index (χ0n) is 31.5. The van der Waals surface area contributed by atoms with Crippen LogP contribution in [0.4, 0.5) is 0 Å². The largest absolute Gasteiger partial charge is 0.508 e. The van der Waals surface area contributed by atoms with E-state index in [1.165, 1.54) is 0 Å². The number of aromatic nitrogens is 2. The monoisotopic (exact) mass is 750 g/mol. The van der Waals surface area contributed by atoms with Crippen LogP contribution in [0.15, 0.2) is 168 Å². The highest BCUT2D eigenvalue weighted by Gasteiger charge is 2.25. The average Bonchev–Trinajstić information content (AvgIpc) is 3.86. The third kappa shape index (κ3) is 5.26. The van der Waals surface area contributed by atoms with Crippen molar-refractivity contribution in [3.63, 3.8) is 0 Å². The Bertz CT molecular complexity index is 3470. The van der Waals surface area contributed by atoms with E-state index in [1.54, 1.807) is 0 Å². The van der Waals surface area contributed by atoms with E-state index in [0.717, 1.165) is 88.1 Å². The minimum Gasteiger partial charge on any atom is -0.508 e. The van der Waals surface area contributed by atoms with Crippen molar-refractivity contribution in [3.8, 4) is 62.0 Å². The topological polar surface area (TPSA) is 71.4 Å². The van der Waals surface area contributed by atoms with E-state index in [1.807, 2.05) is 65.2 Å². The Kier molecular flexibility index (Phi) is 7.85. The number of furan rings is 1. The molecule has 2 heterocycles. The number of aromatic hydroxyl groups is 2. The summed E-state index contributed by atoms with van der Waals surface area (Å²) in [5, 5.41) is 29.1. The quantitative estimate of drug-likeness (QED) is 0.136. The molecular weight excluding hydrogens is 721 g/mol. The summed E-state index contributed by atoms with van der Waals surface area (Å²) in [4.78, 5) is 4.85. The van der Waals surface area contributed by atoms with E-state index in [0.29, 0.717) is 5.52 Å². The summed E-state index contributed by atoms with van der Waals surface area (Å²) in [7, 11) is 18.4. The molecule has 0 atom stereocenters. The summed E-state index contributed by atoms with van der Waals surface area (Å²) in [5.41, 5.74) is 10.1. The summed E-state index contributed by atoms with van der Waals surface area (Å²) in [6.07, 6.45) is 0. The number of benzene rings is 9. The minimum atomic E-state index is -0.394. The van der Waals surface area contributed by atoms with Gasteiger partial charge in [0.1, 0.15) is 46.2 Å². The molecule has 5 nitrogen and oxygen atoms in total. The number of hydrogen-bond donors (Lipinski definition) is 2. The van der Waals surface area contributed by atoms with E-state index in [2.05, 4.69) is 103 Å². The molecule has 8 heteroatoms. The lowest BCUT2D eigenvalue weighted by molar-refractivity contribution is 0.459. The normalized spacial score (nSPS) is 11.7. The molecule has 9 aromatic carbocycles. The maximum Gasteiger partial charge on any atom is 0.153 e. The van der Waals surface area contributed by atoms with Gasteiger partial charge >= 0.3 is 0 Å². The lowest BCUT2D eigenvalue weighted by Gasteiger charge is -2.20. The van der Waals surface area contributed by atoms with Gasteiger partial charge in [-0.1, -0.05) is 132 Å². The van der Waals surface area contributed by atoms with E-state index < -0.39 is 11.5 Å². The van der Waals surface area contributed by atoms with E-state index in [4.69, 9.17) is 32.9 Å². The first-order chi connectivity index (χ1) is 28.9. The molecule has 6 radical (unpaired) electrons. The molecule has 0 fully saturated rings. The van der Waals surface area contributed by atoms with Crippen LogP contribution in [-0.4, -0.2) is 43.3 Å². The first-order valence-electron chi connectivity index (χ1n) is 19.3. The van der Waals surface area contributed by atoms with Gasteiger partial charge < -0.3 is 14.6 Å². The van der Waals surface area contributed by atoms with Crippen LogP contribution in [0, 0.1) is 0 Å². The van der Waals surface area contributed by atoms with Crippen molar-refractivity contribution >= 4 is 94.4 Å². The van der Waals surface area contributed by atoms with E-state index in [-0.39, 0.29) is 27.8 Å². The van der Waals surface area contributed by atoms with Gasteiger partial charge in [-0.3, -0.25) is 4.57 Å². The van der Waals surface area contributed by atoms with Crippen molar-refractivity contribution in [2.24, 2.45) is 0 Å². The lowest BCUT2D eigenvalue weighted by atomic mass is 9.70. The van der Waals surface area contributed by atoms with Gasteiger partial charge in [0.15, 0.2) is 5.82 Å². The highest BCUT2D eigenvalue weighted by Crippen LogP contribution is 2.48. The SMILES string of the molecule is [B]c1c([B])c(O)c(-c2nc3ccccc3n2-c2ccc(-c3c4ccccc4c(-c4cccc5oc6ccccc6c45)c4cc(-c5ccccc5)ccc34)cc2)c(O)c1[B]. The smallest absolute Gasteiger partial charge is 0.153 e. The predicted octanol–water partition coefficient (Wildman–Crippen LogP) is 9.69. The van der Waals surface area contributed by atoms with Crippen LogP contribution in [0.2, 0.25) is 0 Å². The molecule has 0 bridgehead atoms. The Morgan fingerprint density at radius 1 is 0.458 bits per heavy atom. The van der Waals surface area contributed by atoms with Crippen LogP contribution >= 0.6 is 0 Å². The summed E-state index contributed by atoms with van der Waals surface area (Å²) in [5.74, 6) is -0.522. The third-order valence-electron chi connectivity index (χ3n) is 11.6. The van der Waals surface area contributed by atoms with Gasteiger partial charge in [0.2, 0.25) is 0 Å². The zero-order chi connectivity index (χ0) is 39.9. The highest BCUT2D eigenvalue weighted by atomic mass is 16.3. The number of rotatable bonds is 5. The van der Waals surface area contributed by atoms with Gasteiger partial charge in [0, 0.05) is 16.5 Å². The van der Waals surface area contributed by atoms with Crippen LogP contribution in [0.5, 0.6) is 11.5 Å². The molecule has 270 valence electrons. The maximum atomic E-state index is 11.2. The van der Waals surface area contributed by atoms with Gasteiger partial charge in [0.25, 0.3) is 0 Å². The van der Waals surface area contributed by atoms with Gasteiger partial charge in [0.05, 0.1) is 16.6 Å². The van der Waals surface area contributed by atoms with Crippen LogP contribution < -0.4 is 16.4 Å². The van der Waals surface area contributed by atoms with Gasteiger partial charge in [-0.25, -0.2) is 4.98 Å². The first-order valence-corrected chi connectivity index (χ1v) is 19.3. The third-order valence-corrected chi connectivity index (χ3v) is 11.6. The molecule has 0 spiro atoms. The van der Waals surface area contributed by atoms with Crippen molar-refractivity contribution in [2.75, 3.05) is 0 Å². The number of imidazole rings is 1. The molecule has 0 saturated heterocycles. The number of hydrogen-bond acceptors (Lipinski definition) is 4. The molecule has 0 aliphatic carbocycles. The molecular formula is C51H29B3N2O3. The molecule has 11 rings (SSSR count). The number of para-hydroxylation sites is 3. The van der Waals surface area contributed by atoms with Gasteiger partial charge in [-0.2, -0.15) is 0 Å². The fraction of sp³-hybridized carbons (Fsp3) is 0. The van der Waals surface area contributed by atoms with Crippen LogP contribution in [-0.2, 0) is 0 Å². The van der Waals surface area contributed by atoms with E-state index >= 15 is 0 Å². The van der Waals surface area contributed by atoms with Crippen molar-refractivity contribution in [1.29, 1.82) is 0 Å². The predicted molar refractivity (Wildman–Crippen MR) is 245 cm³/mol. The maximum absolute atomic E-state index is 11.2. The molecule has 59 heavy (non-hydrogen) atoms. The van der Waals surface area contributed by atoms with Crippen molar-refractivity contribution in [1.82, 2.24) is 9.55 Å². The summed E-state index contributed by atoms with van der Waals surface area (Å²) in [6.45, 7) is 0. The number of phenolic OH excluding ortho intramolecular Hbond substituents is 2. The first kappa shape index (κ1) is 34.8. The highest BCUT2D eigenvalue weighted by molar-refractivity contribution is 6.59. The number of phenols is 2. The Hall–Kier alpha value is -7.44. The summed E-state index contributed by atoms with van der Waals surface area (Å²) < 4.78 is 8.29. The molecule has 0 saturated carbocycles. The zero-order valence-corrected chi connectivity index (χ0v) is 31.5. The molecule has 0 amide bonds. The molecule has 11 aromatic rings. The summed E-state index contributed by atoms with van der Waals surface area (Å²) >= 11 is 0. The Morgan fingerprint density at radius 3 is 1.83 bits per heavy atom. The Balaban J connectivity index is 1.17. The van der Waals surface area contributed by atoms with Crippen molar-refractivity contribution < 1.29 is 14.6 Å². The van der Waals surface area contributed by atoms with Gasteiger partial charge in [-0.15, -0.1) is 5.46 Å². The molecule has 2 N–H and O–H groups in total. The second-order valence-corrected chi connectivity index (χ2v) is 14.8. The fourth-order valence-corrected chi connectivity index (χ4v) is 8.80. The Morgan fingerprint density at radius 2 is 1.07 bits per heavy atom. The number of nitrogens with zero attached hydrogens (tertiary/aromatic N) is 2. The van der Waals surface area contributed by atoms with Crippen LogP contribution in [0.25, 0.3) is 105 Å². The Labute approximate surface area is 343 Å². The van der Waals surface area contributed by atoms with Crippen LogP contribution in [0.3, 0.4) is 0 Å². The molecule has 0 unspecified atom stereocenters. The average molecular weight is 750 g/mol. The van der Waals surface area contributed by atoms with Crippen molar-refractivity contribution in [2.45, 2.75) is 0 Å². The second kappa shape index (κ2) is 13.3. The molecule has 0 aliphatic rings. The fourth-order valence-electron chi connectivity index (χ4n) is 8.80. The number of fused-ring (bicyclic) bond motifs is 6. The van der Waals surface area contributed by atoms with E-state index in [9.17, 15) is 10.2 Å². The lowest BCUT2D eigenvalue weighted by Crippen LogP contribution is -2.39. The minimum absolute atomic E-state index is 0.00306. The summed E-state index contributed by atoms with van der Waals surface area (Å²) in [6, 6.07) is 56.3. The van der Waals surface area contributed by atoms with Crippen molar-refractivity contribution in [3.05, 3.63) is 164 Å². The second-order valence-electron chi connectivity index (χ2n) is 14.8. The van der Waals surface area contributed by atoms with Crippen LogP contribution in [0.1, 0.15) is 0 Å².